The molecule has 4 bridgehead atoms. The SMILES string of the molecule is CC(Cl)CCCNC(=O)C12CC3CC(C)(CC(C)(C3)C1)C2. The zero-order valence-electron chi connectivity index (χ0n) is 13.8. The summed E-state index contributed by atoms with van der Waals surface area (Å²) in [5, 5.41) is 3.44. The molecule has 1 N–H and O–H groups in total. The van der Waals surface area contributed by atoms with Crippen molar-refractivity contribution in [1.29, 1.82) is 0 Å². The Hall–Kier alpha value is -0.240. The predicted octanol–water partition coefficient (Wildman–Crippen LogP) is 4.51. The minimum Gasteiger partial charge on any atom is -0.356 e. The smallest absolute Gasteiger partial charge is 0.226 e. The van der Waals surface area contributed by atoms with Crippen molar-refractivity contribution in [1.82, 2.24) is 5.32 Å². The van der Waals surface area contributed by atoms with Crippen molar-refractivity contribution in [2.24, 2.45) is 22.2 Å². The lowest BCUT2D eigenvalue weighted by Crippen LogP contribution is -2.59. The van der Waals surface area contributed by atoms with Gasteiger partial charge >= 0.3 is 0 Å². The lowest BCUT2D eigenvalue weighted by Gasteiger charge is -2.64. The highest BCUT2D eigenvalue weighted by Crippen LogP contribution is 2.69. The largest absolute Gasteiger partial charge is 0.356 e. The van der Waals surface area contributed by atoms with E-state index in [4.69, 9.17) is 11.6 Å². The van der Waals surface area contributed by atoms with Crippen LogP contribution < -0.4 is 5.32 Å². The standard InChI is InChI=1S/C18H30ClNO/c1-13(19)5-4-6-20-15(21)18-9-14-7-16(2,11-18)10-17(3,8-14)12-18/h13-14H,4-12H2,1-3H3,(H,20,21). The zero-order valence-corrected chi connectivity index (χ0v) is 14.6. The Bertz CT molecular complexity index is 415. The van der Waals surface area contributed by atoms with Gasteiger partial charge in [0.15, 0.2) is 0 Å². The van der Waals surface area contributed by atoms with Gasteiger partial charge in [-0.1, -0.05) is 13.8 Å². The van der Waals surface area contributed by atoms with Gasteiger partial charge in [0.1, 0.15) is 0 Å². The van der Waals surface area contributed by atoms with Gasteiger partial charge in [-0.25, -0.2) is 0 Å². The van der Waals surface area contributed by atoms with Crippen LogP contribution in [0, 0.1) is 22.2 Å². The van der Waals surface area contributed by atoms with Gasteiger partial charge in [-0.15, -0.1) is 11.6 Å². The predicted molar refractivity (Wildman–Crippen MR) is 87.4 cm³/mol. The van der Waals surface area contributed by atoms with E-state index in [1.54, 1.807) is 0 Å². The summed E-state index contributed by atoms with van der Waals surface area (Å²) in [7, 11) is 0. The van der Waals surface area contributed by atoms with Crippen molar-refractivity contribution < 1.29 is 4.79 Å². The second-order valence-corrected chi connectivity index (χ2v) is 9.83. The van der Waals surface area contributed by atoms with Gasteiger partial charge in [-0.2, -0.15) is 0 Å². The van der Waals surface area contributed by atoms with Gasteiger partial charge in [0, 0.05) is 11.9 Å². The number of nitrogens with one attached hydrogen (secondary N) is 1. The Balaban J connectivity index is 1.65. The van der Waals surface area contributed by atoms with Crippen molar-refractivity contribution in [3.63, 3.8) is 0 Å². The Kier molecular flexibility index (Phi) is 3.83. The minimum absolute atomic E-state index is 0.0600. The van der Waals surface area contributed by atoms with Crippen LogP contribution in [0.2, 0.25) is 0 Å². The van der Waals surface area contributed by atoms with Gasteiger partial charge < -0.3 is 5.32 Å². The monoisotopic (exact) mass is 311 g/mol. The molecule has 0 aromatic rings. The molecular formula is C18H30ClNO. The van der Waals surface area contributed by atoms with Crippen LogP contribution in [-0.4, -0.2) is 17.8 Å². The topological polar surface area (TPSA) is 29.1 Å². The first-order valence-electron chi connectivity index (χ1n) is 8.67. The van der Waals surface area contributed by atoms with Crippen molar-refractivity contribution >= 4 is 17.5 Å². The van der Waals surface area contributed by atoms with Crippen molar-refractivity contribution in [2.45, 2.75) is 77.5 Å². The average Bonchev–Trinajstić information content (AvgIpc) is 2.29. The Labute approximate surface area is 134 Å². The first-order chi connectivity index (χ1) is 9.74. The van der Waals surface area contributed by atoms with Gasteiger partial charge in [0.2, 0.25) is 5.91 Å². The Morgan fingerprint density at radius 1 is 1.19 bits per heavy atom. The van der Waals surface area contributed by atoms with E-state index in [-0.39, 0.29) is 10.8 Å². The van der Waals surface area contributed by atoms with Crippen LogP contribution >= 0.6 is 11.6 Å². The van der Waals surface area contributed by atoms with Crippen molar-refractivity contribution in [3.8, 4) is 0 Å². The quantitative estimate of drug-likeness (QED) is 0.587. The molecule has 4 aliphatic carbocycles. The number of rotatable bonds is 5. The van der Waals surface area contributed by atoms with Gasteiger partial charge in [-0.3, -0.25) is 4.79 Å². The first-order valence-corrected chi connectivity index (χ1v) is 9.10. The van der Waals surface area contributed by atoms with Crippen molar-refractivity contribution in [2.75, 3.05) is 6.54 Å². The zero-order chi connectivity index (χ0) is 15.3. The third-order valence-electron chi connectivity index (χ3n) is 6.17. The highest BCUT2D eigenvalue weighted by Gasteiger charge is 2.62. The molecular weight excluding hydrogens is 282 g/mol. The van der Waals surface area contributed by atoms with Gasteiger partial charge in [0.05, 0.1) is 5.41 Å². The molecule has 21 heavy (non-hydrogen) atoms. The van der Waals surface area contributed by atoms with E-state index < -0.39 is 0 Å². The second kappa shape index (κ2) is 5.15. The van der Waals surface area contributed by atoms with E-state index in [1.165, 1.54) is 19.3 Å². The van der Waals surface area contributed by atoms with Crippen LogP contribution in [0.15, 0.2) is 0 Å². The fraction of sp³-hybridized carbons (Fsp3) is 0.944. The lowest BCUT2D eigenvalue weighted by atomic mass is 9.40. The summed E-state index contributed by atoms with van der Waals surface area (Å²) in [4.78, 5) is 12.9. The molecule has 3 atom stereocenters. The molecule has 4 aliphatic rings. The number of hydrogen-bond donors (Lipinski definition) is 1. The van der Waals surface area contributed by atoms with E-state index >= 15 is 0 Å². The summed E-state index contributed by atoms with van der Waals surface area (Å²) in [6, 6.07) is 0. The second-order valence-electron chi connectivity index (χ2n) is 9.09. The van der Waals surface area contributed by atoms with E-state index in [0.29, 0.717) is 16.7 Å². The summed E-state index contributed by atoms with van der Waals surface area (Å²) in [6.45, 7) is 7.65. The molecule has 3 unspecified atom stereocenters. The van der Waals surface area contributed by atoms with Crippen LogP contribution in [-0.2, 0) is 4.79 Å². The lowest BCUT2D eigenvalue weighted by molar-refractivity contribution is -0.170. The van der Waals surface area contributed by atoms with E-state index in [0.717, 1.165) is 44.6 Å². The summed E-state index contributed by atoms with van der Waals surface area (Å²) < 4.78 is 0. The highest BCUT2D eigenvalue weighted by atomic mass is 35.5. The van der Waals surface area contributed by atoms with Crippen LogP contribution in [0.3, 0.4) is 0 Å². The highest BCUT2D eigenvalue weighted by molar-refractivity contribution is 6.20. The molecule has 2 nitrogen and oxygen atoms in total. The molecule has 0 radical (unpaired) electrons. The molecule has 0 heterocycles. The fourth-order valence-corrected chi connectivity index (χ4v) is 6.63. The number of hydrogen-bond acceptors (Lipinski definition) is 1. The molecule has 4 rings (SSSR count). The number of carbonyl (C=O) groups excluding carboxylic acids is 1. The van der Waals surface area contributed by atoms with E-state index in [9.17, 15) is 4.79 Å². The number of alkyl halides is 1. The Morgan fingerprint density at radius 3 is 2.33 bits per heavy atom. The molecule has 0 aromatic heterocycles. The third kappa shape index (κ3) is 2.98. The Morgan fingerprint density at radius 2 is 1.81 bits per heavy atom. The minimum atomic E-state index is -0.0600. The summed E-state index contributed by atoms with van der Waals surface area (Å²) >= 11 is 5.97. The van der Waals surface area contributed by atoms with Crippen LogP contribution in [0.5, 0.6) is 0 Å². The molecule has 0 aromatic carbocycles. The third-order valence-corrected chi connectivity index (χ3v) is 6.39. The molecule has 3 heteroatoms. The molecule has 4 saturated carbocycles. The first kappa shape index (κ1) is 15.6. The summed E-state index contributed by atoms with van der Waals surface area (Å²) in [5.41, 5.74) is 0.766. The summed E-state index contributed by atoms with van der Waals surface area (Å²) in [5.74, 6) is 1.12. The fourth-order valence-electron chi connectivity index (χ4n) is 6.47. The normalized spacial score (nSPS) is 45.6. The number of carbonyl (C=O) groups is 1. The molecule has 0 saturated heterocycles. The van der Waals surface area contributed by atoms with Gasteiger partial charge in [-0.05, 0) is 75.0 Å². The van der Waals surface area contributed by atoms with Crippen LogP contribution in [0.4, 0.5) is 0 Å². The molecule has 120 valence electrons. The molecule has 0 aliphatic heterocycles. The molecule has 4 fully saturated rings. The van der Waals surface area contributed by atoms with Gasteiger partial charge in [0.25, 0.3) is 0 Å². The van der Waals surface area contributed by atoms with E-state index in [1.807, 2.05) is 6.92 Å². The maximum absolute atomic E-state index is 12.9. The van der Waals surface area contributed by atoms with Crippen molar-refractivity contribution in [3.05, 3.63) is 0 Å². The van der Waals surface area contributed by atoms with Crippen LogP contribution in [0.25, 0.3) is 0 Å². The summed E-state index contributed by atoms with van der Waals surface area (Å²) in [6.07, 6.45) is 9.36. The van der Waals surface area contributed by atoms with E-state index in [2.05, 4.69) is 19.2 Å². The average molecular weight is 312 g/mol. The molecule has 0 spiro atoms. The van der Waals surface area contributed by atoms with Crippen LogP contribution in [0.1, 0.15) is 72.1 Å². The maximum atomic E-state index is 12.9. The molecule has 1 amide bonds. The number of amides is 1. The maximum Gasteiger partial charge on any atom is 0.226 e. The number of halogens is 1.